The van der Waals surface area contributed by atoms with Crippen molar-refractivity contribution < 1.29 is 9.18 Å². The van der Waals surface area contributed by atoms with Crippen molar-refractivity contribution in [2.45, 2.75) is 38.8 Å². The van der Waals surface area contributed by atoms with E-state index in [9.17, 15) is 9.18 Å². The highest BCUT2D eigenvalue weighted by Gasteiger charge is 2.23. The zero-order valence-corrected chi connectivity index (χ0v) is 12.4. The van der Waals surface area contributed by atoms with Gasteiger partial charge in [0.2, 0.25) is 11.7 Å². The van der Waals surface area contributed by atoms with E-state index >= 15 is 0 Å². The number of aromatic nitrogens is 4. The molecular weight excluding hydrogens is 285 g/mol. The fourth-order valence-corrected chi connectivity index (χ4v) is 2.73. The second-order valence-electron chi connectivity index (χ2n) is 5.59. The van der Waals surface area contributed by atoms with Gasteiger partial charge < -0.3 is 4.90 Å². The molecule has 0 bridgehead atoms. The van der Waals surface area contributed by atoms with Crippen LogP contribution in [0.15, 0.2) is 24.3 Å². The minimum absolute atomic E-state index is 0.00427. The topological polar surface area (TPSA) is 63.9 Å². The van der Waals surface area contributed by atoms with E-state index in [1.165, 1.54) is 16.9 Å². The molecule has 1 fully saturated rings. The number of likely N-dealkylation sites (tertiary alicyclic amines) is 1. The third-order valence-corrected chi connectivity index (χ3v) is 3.94. The minimum Gasteiger partial charge on any atom is -0.338 e. The molecule has 0 aliphatic carbocycles. The number of carbonyl (C=O) groups is 1. The number of tetrazole rings is 1. The lowest BCUT2D eigenvalue weighted by Gasteiger charge is -2.33. The maximum atomic E-state index is 13.2. The molecule has 0 saturated carbocycles. The third kappa shape index (κ3) is 3.13. The van der Waals surface area contributed by atoms with Crippen LogP contribution in [0.4, 0.5) is 4.39 Å². The summed E-state index contributed by atoms with van der Waals surface area (Å²) >= 11 is 0. The van der Waals surface area contributed by atoms with Crippen LogP contribution in [0.2, 0.25) is 0 Å². The Morgan fingerprint density at radius 2 is 2.27 bits per heavy atom. The van der Waals surface area contributed by atoms with E-state index in [1.54, 1.807) is 12.1 Å². The molecule has 3 rings (SSSR count). The molecule has 1 aromatic carbocycles. The van der Waals surface area contributed by atoms with Crippen molar-refractivity contribution in [3.05, 3.63) is 30.1 Å². The quantitative estimate of drug-likeness (QED) is 0.868. The molecule has 1 saturated heterocycles. The van der Waals surface area contributed by atoms with Crippen molar-refractivity contribution in [3.63, 3.8) is 0 Å². The first-order valence-electron chi connectivity index (χ1n) is 7.47. The Balaban J connectivity index is 1.70. The van der Waals surface area contributed by atoms with Crippen LogP contribution in [0.25, 0.3) is 11.4 Å². The zero-order valence-electron chi connectivity index (χ0n) is 12.4. The number of carbonyl (C=O) groups excluding carboxylic acids is 1. The predicted octanol–water partition coefficient (Wildman–Crippen LogP) is 1.88. The van der Waals surface area contributed by atoms with Crippen LogP contribution >= 0.6 is 0 Å². The molecule has 1 unspecified atom stereocenters. The zero-order chi connectivity index (χ0) is 15.5. The molecular formula is C15H18FN5O. The number of piperidine rings is 1. The van der Waals surface area contributed by atoms with Gasteiger partial charge >= 0.3 is 0 Å². The fourth-order valence-electron chi connectivity index (χ4n) is 2.73. The van der Waals surface area contributed by atoms with E-state index in [1.807, 2.05) is 4.90 Å². The Bertz CT molecular complexity index is 671. The van der Waals surface area contributed by atoms with Gasteiger partial charge in [-0.1, -0.05) is 12.1 Å². The summed E-state index contributed by atoms with van der Waals surface area (Å²) in [5.41, 5.74) is 0.546. The Kier molecular flexibility index (Phi) is 4.13. The maximum absolute atomic E-state index is 13.2. The summed E-state index contributed by atoms with van der Waals surface area (Å²) in [7, 11) is 0. The van der Waals surface area contributed by atoms with Gasteiger partial charge in [-0.15, -0.1) is 10.2 Å². The second-order valence-corrected chi connectivity index (χ2v) is 5.59. The van der Waals surface area contributed by atoms with Gasteiger partial charge in [-0.3, -0.25) is 4.79 Å². The largest absolute Gasteiger partial charge is 0.338 e. The van der Waals surface area contributed by atoms with Crippen molar-refractivity contribution >= 4 is 5.91 Å². The Labute approximate surface area is 127 Å². The van der Waals surface area contributed by atoms with Crippen molar-refractivity contribution in [1.82, 2.24) is 25.1 Å². The molecule has 1 atom stereocenters. The molecule has 1 aromatic heterocycles. The Hall–Kier alpha value is -2.31. The normalized spacial score (nSPS) is 18.5. The van der Waals surface area contributed by atoms with E-state index in [0.29, 0.717) is 11.4 Å². The van der Waals surface area contributed by atoms with Gasteiger partial charge in [0.15, 0.2) is 0 Å². The van der Waals surface area contributed by atoms with Crippen molar-refractivity contribution in [2.75, 3.05) is 6.54 Å². The summed E-state index contributed by atoms with van der Waals surface area (Å²) in [6.45, 7) is 2.90. The fraction of sp³-hybridized carbons (Fsp3) is 0.467. The van der Waals surface area contributed by atoms with Crippen LogP contribution in [-0.2, 0) is 11.3 Å². The number of hydrogen-bond donors (Lipinski definition) is 0. The SMILES string of the molecule is CC1CCCCN1C(=O)Cn1nnc(-c2cccc(F)c2)n1. The number of halogens is 1. The van der Waals surface area contributed by atoms with E-state index < -0.39 is 0 Å². The molecule has 0 N–H and O–H groups in total. The van der Waals surface area contributed by atoms with Crippen molar-refractivity contribution in [3.8, 4) is 11.4 Å². The average molecular weight is 303 g/mol. The van der Waals surface area contributed by atoms with Crippen LogP contribution < -0.4 is 0 Å². The lowest BCUT2D eigenvalue weighted by Crippen LogP contribution is -2.43. The number of amides is 1. The number of rotatable bonds is 3. The highest BCUT2D eigenvalue weighted by molar-refractivity contribution is 5.76. The highest BCUT2D eigenvalue weighted by atomic mass is 19.1. The van der Waals surface area contributed by atoms with E-state index in [4.69, 9.17) is 0 Å². The summed E-state index contributed by atoms with van der Waals surface area (Å²) in [6, 6.07) is 6.25. The van der Waals surface area contributed by atoms with E-state index in [-0.39, 0.29) is 24.3 Å². The van der Waals surface area contributed by atoms with Gasteiger partial charge in [0.1, 0.15) is 12.4 Å². The lowest BCUT2D eigenvalue weighted by molar-refractivity contribution is -0.135. The van der Waals surface area contributed by atoms with Gasteiger partial charge in [0.25, 0.3) is 0 Å². The average Bonchev–Trinajstić information content (AvgIpc) is 2.96. The van der Waals surface area contributed by atoms with Gasteiger partial charge in [0, 0.05) is 18.2 Å². The first kappa shape index (κ1) is 14.6. The van der Waals surface area contributed by atoms with Crippen LogP contribution in [0, 0.1) is 5.82 Å². The molecule has 2 aromatic rings. The molecule has 0 spiro atoms. The molecule has 22 heavy (non-hydrogen) atoms. The predicted molar refractivity (Wildman–Crippen MR) is 78.2 cm³/mol. The van der Waals surface area contributed by atoms with Crippen molar-refractivity contribution in [1.29, 1.82) is 0 Å². The Morgan fingerprint density at radius 1 is 1.41 bits per heavy atom. The highest BCUT2D eigenvalue weighted by Crippen LogP contribution is 2.17. The van der Waals surface area contributed by atoms with E-state index in [0.717, 1.165) is 25.8 Å². The lowest BCUT2D eigenvalue weighted by atomic mass is 10.0. The molecule has 7 heteroatoms. The summed E-state index contributed by atoms with van der Waals surface area (Å²) in [5.74, 6) is -0.0403. The maximum Gasteiger partial charge on any atom is 0.246 e. The van der Waals surface area contributed by atoms with Crippen LogP contribution in [-0.4, -0.2) is 43.6 Å². The molecule has 0 radical (unpaired) electrons. The molecule has 1 aliphatic heterocycles. The Morgan fingerprint density at radius 3 is 3.05 bits per heavy atom. The molecule has 6 nitrogen and oxygen atoms in total. The number of benzene rings is 1. The van der Waals surface area contributed by atoms with Crippen molar-refractivity contribution in [2.24, 2.45) is 0 Å². The van der Waals surface area contributed by atoms with Gasteiger partial charge in [-0.25, -0.2) is 4.39 Å². The molecule has 1 amide bonds. The smallest absolute Gasteiger partial charge is 0.246 e. The second kappa shape index (κ2) is 6.21. The molecule has 1 aliphatic rings. The summed E-state index contributed by atoms with van der Waals surface area (Å²) in [4.78, 5) is 15.5. The molecule has 2 heterocycles. The number of nitrogens with zero attached hydrogens (tertiary/aromatic N) is 5. The number of hydrogen-bond acceptors (Lipinski definition) is 4. The summed E-state index contributed by atoms with van der Waals surface area (Å²) < 4.78 is 13.2. The van der Waals surface area contributed by atoms with Crippen LogP contribution in [0.3, 0.4) is 0 Å². The first-order chi connectivity index (χ1) is 10.6. The van der Waals surface area contributed by atoms with Gasteiger partial charge in [-0.2, -0.15) is 4.80 Å². The van der Waals surface area contributed by atoms with Gasteiger partial charge in [0.05, 0.1) is 0 Å². The first-order valence-corrected chi connectivity index (χ1v) is 7.47. The van der Waals surface area contributed by atoms with Gasteiger partial charge in [-0.05, 0) is 43.5 Å². The summed E-state index contributed by atoms with van der Waals surface area (Å²) in [6.07, 6.45) is 3.23. The van der Waals surface area contributed by atoms with Crippen LogP contribution in [0.5, 0.6) is 0 Å². The van der Waals surface area contributed by atoms with E-state index in [2.05, 4.69) is 22.3 Å². The molecule has 116 valence electrons. The minimum atomic E-state index is -0.355. The monoisotopic (exact) mass is 303 g/mol. The standard InChI is InChI=1S/C15H18FN5O/c1-11-5-2-3-8-20(11)14(22)10-21-18-15(17-19-21)12-6-4-7-13(16)9-12/h4,6-7,9,11H,2-3,5,8,10H2,1H3. The van der Waals surface area contributed by atoms with Crippen LogP contribution in [0.1, 0.15) is 26.2 Å². The third-order valence-electron chi connectivity index (χ3n) is 3.94. The summed E-state index contributed by atoms with van der Waals surface area (Å²) in [5, 5.41) is 11.9.